The molecule has 0 bridgehead atoms. The monoisotopic (exact) mass is 528 g/mol. The van der Waals surface area contributed by atoms with Crippen molar-refractivity contribution in [1.82, 2.24) is 10.3 Å². The van der Waals surface area contributed by atoms with E-state index in [9.17, 15) is 0 Å². The van der Waals surface area contributed by atoms with Gasteiger partial charge in [0, 0.05) is 27.3 Å². The van der Waals surface area contributed by atoms with E-state index in [1.807, 2.05) is 54.6 Å². The first-order valence-electron chi connectivity index (χ1n) is 13.6. The number of nitrogens with zero attached hydrogens (tertiary/aromatic N) is 3. The third-order valence-corrected chi connectivity index (χ3v) is 7.55. The van der Waals surface area contributed by atoms with Gasteiger partial charge in [0.25, 0.3) is 0 Å². The molecule has 7 aromatic rings. The Balaban J connectivity index is 1.26. The lowest BCUT2D eigenvalue weighted by molar-refractivity contribution is 0.656. The van der Waals surface area contributed by atoms with Crippen molar-refractivity contribution >= 4 is 44.6 Å². The number of nitrogens with one attached hydrogen (secondary N) is 1. The Morgan fingerprint density at radius 1 is 0.585 bits per heavy atom. The van der Waals surface area contributed by atoms with Crippen LogP contribution in [0.1, 0.15) is 22.9 Å². The molecule has 8 rings (SSSR count). The molecule has 1 unspecified atom stereocenters. The van der Waals surface area contributed by atoms with Gasteiger partial charge in [0.2, 0.25) is 5.71 Å². The Kier molecular flexibility index (Phi) is 5.45. The lowest BCUT2D eigenvalue weighted by Crippen LogP contribution is -2.36. The van der Waals surface area contributed by atoms with Crippen LogP contribution in [0, 0.1) is 0 Å². The van der Waals surface area contributed by atoms with Crippen LogP contribution >= 0.6 is 0 Å². The first kappa shape index (κ1) is 23.3. The quantitative estimate of drug-likeness (QED) is 0.250. The average Bonchev–Trinajstić information content (AvgIpc) is 3.42. The second-order valence-corrected chi connectivity index (χ2v) is 10.1. The van der Waals surface area contributed by atoms with Crippen LogP contribution in [0.15, 0.2) is 148 Å². The van der Waals surface area contributed by atoms with Gasteiger partial charge in [0.1, 0.15) is 17.3 Å². The van der Waals surface area contributed by atoms with Crippen molar-refractivity contribution in [3.63, 3.8) is 0 Å². The van der Waals surface area contributed by atoms with Gasteiger partial charge in [0.05, 0.1) is 5.52 Å². The highest BCUT2D eigenvalue weighted by Gasteiger charge is 2.23. The molecule has 5 heteroatoms. The molecule has 1 atom stereocenters. The van der Waals surface area contributed by atoms with Gasteiger partial charge in [-0.15, -0.1) is 0 Å². The van der Waals surface area contributed by atoms with Crippen molar-refractivity contribution in [1.29, 1.82) is 0 Å². The second kappa shape index (κ2) is 9.57. The molecule has 0 spiro atoms. The largest absolute Gasteiger partial charge is 0.438 e. The van der Waals surface area contributed by atoms with E-state index in [1.54, 1.807) is 0 Å². The molecule has 41 heavy (non-hydrogen) atoms. The smallest absolute Gasteiger partial charge is 0.227 e. The highest BCUT2D eigenvalue weighted by atomic mass is 16.3. The Hall–Kier alpha value is -5.55. The number of pyridine rings is 1. The van der Waals surface area contributed by atoms with Gasteiger partial charge in [0.15, 0.2) is 6.17 Å². The summed E-state index contributed by atoms with van der Waals surface area (Å²) in [5.74, 6) is 1.52. The summed E-state index contributed by atoms with van der Waals surface area (Å²) in [6, 6.07) is 45.4. The summed E-state index contributed by atoms with van der Waals surface area (Å²) in [6.07, 6.45) is -0.386. The van der Waals surface area contributed by atoms with Crippen molar-refractivity contribution in [3.8, 4) is 11.1 Å². The highest BCUT2D eigenvalue weighted by Crippen LogP contribution is 2.34. The van der Waals surface area contributed by atoms with Gasteiger partial charge < -0.3 is 9.73 Å². The van der Waals surface area contributed by atoms with E-state index in [1.165, 1.54) is 5.56 Å². The fourth-order valence-corrected chi connectivity index (χ4v) is 5.51. The zero-order valence-electron chi connectivity index (χ0n) is 22.0. The number of benzene rings is 5. The number of rotatable bonds is 4. The maximum Gasteiger partial charge on any atom is 0.227 e. The zero-order valence-corrected chi connectivity index (χ0v) is 22.0. The molecular formula is C36H24N4O. The lowest BCUT2D eigenvalue weighted by Gasteiger charge is -2.23. The van der Waals surface area contributed by atoms with Crippen LogP contribution < -0.4 is 5.32 Å². The number of furan rings is 1. The Morgan fingerprint density at radius 2 is 1.27 bits per heavy atom. The Bertz CT molecular complexity index is 2110. The minimum Gasteiger partial charge on any atom is -0.438 e. The summed E-state index contributed by atoms with van der Waals surface area (Å²) < 4.78 is 6.25. The van der Waals surface area contributed by atoms with Crippen LogP contribution in [0.2, 0.25) is 0 Å². The van der Waals surface area contributed by atoms with Crippen LogP contribution in [0.25, 0.3) is 44.1 Å². The molecular weight excluding hydrogens is 504 g/mol. The van der Waals surface area contributed by atoms with Crippen molar-refractivity contribution in [3.05, 3.63) is 150 Å². The van der Waals surface area contributed by atoms with Crippen molar-refractivity contribution in [2.24, 2.45) is 9.98 Å². The predicted molar refractivity (Wildman–Crippen MR) is 166 cm³/mol. The van der Waals surface area contributed by atoms with E-state index in [0.717, 1.165) is 61.2 Å². The molecule has 0 aliphatic carbocycles. The predicted octanol–water partition coefficient (Wildman–Crippen LogP) is 8.30. The molecule has 0 fully saturated rings. The number of hydrogen-bond donors (Lipinski definition) is 1. The topological polar surface area (TPSA) is 62.8 Å². The van der Waals surface area contributed by atoms with Gasteiger partial charge in [-0.1, -0.05) is 115 Å². The minimum atomic E-state index is -0.386. The summed E-state index contributed by atoms with van der Waals surface area (Å²) in [6.45, 7) is 0. The van der Waals surface area contributed by atoms with E-state index < -0.39 is 0 Å². The van der Waals surface area contributed by atoms with Gasteiger partial charge in [-0.25, -0.2) is 15.0 Å². The molecule has 1 N–H and O–H groups in total. The molecule has 0 amide bonds. The van der Waals surface area contributed by atoms with Crippen molar-refractivity contribution < 1.29 is 4.42 Å². The van der Waals surface area contributed by atoms with E-state index in [2.05, 4.69) is 84.2 Å². The van der Waals surface area contributed by atoms with Gasteiger partial charge in [-0.3, -0.25) is 0 Å². The first-order chi connectivity index (χ1) is 20.3. The molecule has 0 radical (unpaired) electrons. The zero-order chi connectivity index (χ0) is 27.2. The molecule has 2 aromatic heterocycles. The van der Waals surface area contributed by atoms with Gasteiger partial charge in [-0.05, 0) is 34.9 Å². The molecule has 0 saturated heterocycles. The Labute approximate surface area is 236 Å². The first-order valence-corrected chi connectivity index (χ1v) is 13.6. The maximum atomic E-state index is 6.25. The van der Waals surface area contributed by atoms with E-state index in [4.69, 9.17) is 19.4 Å². The lowest BCUT2D eigenvalue weighted by atomic mass is 10.0. The third kappa shape index (κ3) is 4.15. The summed E-state index contributed by atoms with van der Waals surface area (Å²) in [7, 11) is 0. The third-order valence-electron chi connectivity index (χ3n) is 7.55. The minimum absolute atomic E-state index is 0.386. The SMILES string of the molecule is c1ccc(-c2ccc(C3=NC(c4ccccc4)N=C(c4cccc5oc6nc7ccccc7cc6c45)N3)cc2)cc1. The summed E-state index contributed by atoms with van der Waals surface area (Å²) in [4.78, 5) is 15.0. The average molecular weight is 529 g/mol. The molecule has 1 aliphatic heterocycles. The maximum absolute atomic E-state index is 6.25. The van der Waals surface area contributed by atoms with E-state index in [-0.39, 0.29) is 6.17 Å². The van der Waals surface area contributed by atoms with Crippen LogP contribution in [-0.2, 0) is 0 Å². The normalized spacial score (nSPS) is 15.1. The van der Waals surface area contributed by atoms with Gasteiger partial charge in [-0.2, -0.15) is 0 Å². The van der Waals surface area contributed by atoms with Crippen molar-refractivity contribution in [2.75, 3.05) is 0 Å². The fourth-order valence-electron chi connectivity index (χ4n) is 5.51. The summed E-state index contributed by atoms with van der Waals surface area (Å²) in [5, 5.41) is 6.59. The van der Waals surface area contributed by atoms with Gasteiger partial charge >= 0.3 is 0 Å². The van der Waals surface area contributed by atoms with Crippen LogP contribution in [0.4, 0.5) is 0 Å². The molecule has 5 aromatic carbocycles. The number of hydrogen-bond acceptors (Lipinski definition) is 5. The number of aromatic nitrogens is 1. The van der Waals surface area contributed by atoms with Crippen LogP contribution in [0.5, 0.6) is 0 Å². The second-order valence-electron chi connectivity index (χ2n) is 10.1. The summed E-state index contributed by atoms with van der Waals surface area (Å²) >= 11 is 0. The molecule has 194 valence electrons. The number of para-hydroxylation sites is 1. The number of amidine groups is 2. The Morgan fingerprint density at radius 3 is 2.10 bits per heavy atom. The highest BCUT2D eigenvalue weighted by molar-refractivity contribution is 6.23. The molecule has 5 nitrogen and oxygen atoms in total. The molecule has 1 aliphatic rings. The van der Waals surface area contributed by atoms with E-state index in [0.29, 0.717) is 5.71 Å². The fraction of sp³-hybridized carbons (Fsp3) is 0.0278. The van der Waals surface area contributed by atoms with Crippen LogP contribution in [-0.4, -0.2) is 16.7 Å². The summed E-state index contributed by atoms with van der Waals surface area (Å²) in [5.41, 5.74) is 7.62. The number of aliphatic imine (C=N–C) groups is 2. The van der Waals surface area contributed by atoms with Crippen LogP contribution in [0.3, 0.4) is 0 Å². The molecule has 3 heterocycles. The number of fused-ring (bicyclic) bond motifs is 4. The van der Waals surface area contributed by atoms with Crippen molar-refractivity contribution in [2.45, 2.75) is 6.17 Å². The standard InChI is InChI=1S/C36H24N4O/c1-3-10-23(11-4-1)24-18-20-26(21-19-24)34-38-33(25-12-5-2-6-13-25)39-35(40-34)28-15-9-17-31-32(28)29-22-27-14-7-8-16-30(27)37-36(29)41-31/h1-22,33H,(H,38,39,40). The molecule has 0 saturated carbocycles. The van der Waals surface area contributed by atoms with E-state index >= 15 is 0 Å².